The van der Waals surface area contributed by atoms with Gasteiger partial charge in [0.2, 0.25) is 0 Å². The molecule has 18 heavy (non-hydrogen) atoms. The van der Waals surface area contributed by atoms with E-state index < -0.39 is 0 Å². The van der Waals surface area contributed by atoms with Gasteiger partial charge >= 0.3 is 6.03 Å². The van der Waals surface area contributed by atoms with Crippen LogP contribution in [0.25, 0.3) is 0 Å². The molecular formula is C13H24N2O2S. The standard InChI is InChI=1S/C13H24N2O2S/c1-13(7-2-8-18-13)9-14-12(17)15-10-3-5-11(16)6-4-10/h10-11,16H,2-9H2,1H3,(H2,14,15,17). The predicted octanol–water partition coefficient (Wildman–Crippen LogP) is 1.87. The molecule has 1 aliphatic carbocycles. The van der Waals surface area contributed by atoms with Crippen LogP contribution >= 0.6 is 11.8 Å². The molecule has 104 valence electrons. The number of rotatable bonds is 3. The molecule has 0 bridgehead atoms. The van der Waals surface area contributed by atoms with Crippen molar-refractivity contribution in [2.24, 2.45) is 0 Å². The Morgan fingerprint density at radius 3 is 2.72 bits per heavy atom. The third kappa shape index (κ3) is 4.05. The molecule has 5 heteroatoms. The number of hydrogen-bond acceptors (Lipinski definition) is 3. The van der Waals surface area contributed by atoms with Crippen LogP contribution in [0.1, 0.15) is 45.4 Å². The van der Waals surface area contributed by atoms with E-state index in [0.717, 1.165) is 32.2 Å². The largest absolute Gasteiger partial charge is 0.393 e. The zero-order chi connectivity index (χ0) is 13.0. The fourth-order valence-corrected chi connectivity index (χ4v) is 3.94. The highest BCUT2D eigenvalue weighted by molar-refractivity contribution is 8.00. The van der Waals surface area contributed by atoms with E-state index in [4.69, 9.17) is 0 Å². The molecule has 1 atom stereocenters. The van der Waals surface area contributed by atoms with Crippen molar-refractivity contribution in [1.29, 1.82) is 0 Å². The summed E-state index contributed by atoms with van der Waals surface area (Å²) < 4.78 is 0.222. The molecule has 0 aromatic heterocycles. The second-order valence-electron chi connectivity index (χ2n) is 5.73. The van der Waals surface area contributed by atoms with E-state index in [1.54, 1.807) is 0 Å². The van der Waals surface area contributed by atoms with Crippen molar-refractivity contribution in [3.05, 3.63) is 0 Å². The molecule has 1 heterocycles. The van der Waals surface area contributed by atoms with Crippen molar-refractivity contribution >= 4 is 17.8 Å². The maximum atomic E-state index is 11.8. The average molecular weight is 272 g/mol. The molecule has 1 saturated carbocycles. The molecule has 0 aromatic carbocycles. The lowest BCUT2D eigenvalue weighted by molar-refractivity contribution is 0.117. The maximum Gasteiger partial charge on any atom is 0.315 e. The summed E-state index contributed by atoms with van der Waals surface area (Å²) in [6.45, 7) is 2.97. The van der Waals surface area contributed by atoms with Crippen LogP contribution in [0.2, 0.25) is 0 Å². The van der Waals surface area contributed by atoms with Gasteiger partial charge in [-0.1, -0.05) is 0 Å². The predicted molar refractivity (Wildman–Crippen MR) is 74.9 cm³/mol. The van der Waals surface area contributed by atoms with Crippen molar-refractivity contribution in [2.45, 2.75) is 62.3 Å². The van der Waals surface area contributed by atoms with Gasteiger partial charge in [-0.3, -0.25) is 0 Å². The average Bonchev–Trinajstić information content (AvgIpc) is 2.78. The van der Waals surface area contributed by atoms with Gasteiger partial charge in [0.15, 0.2) is 0 Å². The van der Waals surface area contributed by atoms with Crippen molar-refractivity contribution in [3.8, 4) is 0 Å². The minimum Gasteiger partial charge on any atom is -0.393 e. The zero-order valence-electron chi connectivity index (χ0n) is 11.1. The van der Waals surface area contributed by atoms with Crippen LogP contribution < -0.4 is 10.6 Å². The third-order valence-corrected chi connectivity index (χ3v) is 5.49. The number of amides is 2. The minimum atomic E-state index is -0.167. The quantitative estimate of drug-likeness (QED) is 0.735. The first-order valence-electron chi connectivity index (χ1n) is 6.94. The summed E-state index contributed by atoms with van der Waals surface area (Å²) >= 11 is 1.96. The van der Waals surface area contributed by atoms with Gasteiger partial charge in [0.1, 0.15) is 0 Å². The van der Waals surface area contributed by atoms with Crippen LogP contribution in [0, 0.1) is 0 Å². The Labute approximate surface area is 113 Å². The molecule has 0 aromatic rings. The Balaban J connectivity index is 1.66. The summed E-state index contributed by atoms with van der Waals surface area (Å²) in [4.78, 5) is 11.8. The van der Waals surface area contributed by atoms with Crippen LogP contribution in [0.4, 0.5) is 4.79 Å². The van der Waals surface area contributed by atoms with Crippen molar-refractivity contribution in [1.82, 2.24) is 10.6 Å². The second-order valence-corrected chi connectivity index (χ2v) is 7.42. The highest BCUT2D eigenvalue weighted by Crippen LogP contribution is 2.36. The monoisotopic (exact) mass is 272 g/mol. The van der Waals surface area contributed by atoms with E-state index in [1.807, 2.05) is 11.8 Å². The first kappa shape index (κ1) is 14.0. The molecular weight excluding hydrogens is 248 g/mol. The van der Waals surface area contributed by atoms with E-state index in [-0.39, 0.29) is 22.9 Å². The second kappa shape index (κ2) is 6.15. The molecule has 2 fully saturated rings. The number of aliphatic hydroxyl groups is 1. The maximum absolute atomic E-state index is 11.8. The molecule has 2 aliphatic rings. The van der Waals surface area contributed by atoms with Crippen molar-refractivity contribution < 1.29 is 9.90 Å². The minimum absolute atomic E-state index is 0.0508. The number of thioether (sulfide) groups is 1. The fraction of sp³-hybridized carbons (Fsp3) is 0.923. The summed E-state index contributed by atoms with van der Waals surface area (Å²) in [7, 11) is 0. The first-order valence-corrected chi connectivity index (χ1v) is 7.92. The topological polar surface area (TPSA) is 61.4 Å². The van der Waals surface area contributed by atoms with Gasteiger partial charge in [0.05, 0.1) is 6.10 Å². The van der Waals surface area contributed by atoms with Crippen LogP contribution in [0.15, 0.2) is 0 Å². The molecule has 1 saturated heterocycles. The summed E-state index contributed by atoms with van der Waals surface area (Å²) in [5.74, 6) is 1.21. The number of carbonyl (C=O) groups is 1. The Hall–Kier alpha value is -0.420. The highest BCUT2D eigenvalue weighted by Gasteiger charge is 2.30. The van der Waals surface area contributed by atoms with E-state index in [0.29, 0.717) is 0 Å². The van der Waals surface area contributed by atoms with Gasteiger partial charge in [-0.05, 0) is 51.2 Å². The summed E-state index contributed by atoms with van der Waals surface area (Å²) in [6.07, 6.45) is 5.66. The number of nitrogens with one attached hydrogen (secondary N) is 2. The van der Waals surface area contributed by atoms with Crippen LogP contribution in [-0.4, -0.2) is 40.3 Å². The van der Waals surface area contributed by atoms with Crippen LogP contribution in [0.3, 0.4) is 0 Å². The van der Waals surface area contributed by atoms with Gasteiger partial charge in [0.25, 0.3) is 0 Å². The van der Waals surface area contributed by atoms with Crippen LogP contribution in [0.5, 0.6) is 0 Å². The number of aliphatic hydroxyl groups excluding tert-OH is 1. The number of hydrogen-bond donors (Lipinski definition) is 3. The zero-order valence-corrected chi connectivity index (χ0v) is 11.9. The van der Waals surface area contributed by atoms with Gasteiger partial charge in [0, 0.05) is 17.3 Å². The summed E-state index contributed by atoms with van der Waals surface area (Å²) in [5.41, 5.74) is 0. The van der Waals surface area contributed by atoms with Gasteiger partial charge in [-0.25, -0.2) is 4.79 Å². The summed E-state index contributed by atoms with van der Waals surface area (Å²) in [6, 6.07) is 0.183. The van der Waals surface area contributed by atoms with E-state index in [1.165, 1.54) is 18.6 Å². The normalized spacial score (nSPS) is 36.3. The molecule has 2 rings (SSSR count). The van der Waals surface area contributed by atoms with E-state index in [2.05, 4.69) is 17.6 Å². The third-order valence-electron chi connectivity index (χ3n) is 3.96. The van der Waals surface area contributed by atoms with Gasteiger partial charge in [-0.15, -0.1) is 0 Å². The lowest BCUT2D eigenvalue weighted by Crippen LogP contribution is -2.47. The molecule has 0 radical (unpaired) electrons. The molecule has 0 spiro atoms. The van der Waals surface area contributed by atoms with Crippen LogP contribution in [-0.2, 0) is 0 Å². The Kier molecular flexibility index (Phi) is 4.78. The highest BCUT2D eigenvalue weighted by atomic mass is 32.2. The Morgan fingerprint density at radius 1 is 1.39 bits per heavy atom. The number of urea groups is 1. The fourth-order valence-electron chi connectivity index (χ4n) is 2.70. The lowest BCUT2D eigenvalue weighted by atomic mass is 9.93. The Bertz CT molecular complexity index is 285. The summed E-state index contributed by atoms with van der Waals surface area (Å²) in [5, 5.41) is 15.4. The van der Waals surface area contributed by atoms with E-state index in [9.17, 15) is 9.90 Å². The SMILES string of the molecule is CC1(CNC(=O)NC2CCC(O)CC2)CCCS1. The van der Waals surface area contributed by atoms with Crippen molar-refractivity contribution in [2.75, 3.05) is 12.3 Å². The van der Waals surface area contributed by atoms with Gasteiger partial charge < -0.3 is 15.7 Å². The lowest BCUT2D eigenvalue weighted by Gasteiger charge is -2.27. The first-order chi connectivity index (χ1) is 8.57. The molecule has 3 N–H and O–H groups in total. The Morgan fingerprint density at radius 2 is 2.11 bits per heavy atom. The van der Waals surface area contributed by atoms with E-state index >= 15 is 0 Å². The molecule has 4 nitrogen and oxygen atoms in total. The molecule has 1 unspecified atom stereocenters. The van der Waals surface area contributed by atoms with Gasteiger partial charge in [-0.2, -0.15) is 11.8 Å². The number of carbonyl (C=O) groups excluding carboxylic acids is 1. The molecule has 2 amide bonds. The van der Waals surface area contributed by atoms with Crippen molar-refractivity contribution in [3.63, 3.8) is 0 Å². The smallest absolute Gasteiger partial charge is 0.315 e. The molecule has 1 aliphatic heterocycles.